The van der Waals surface area contributed by atoms with Gasteiger partial charge in [-0.05, 0) is 37.8 Å². The molecule has 0 spiro atoms. The van der Waals surface area contributed by atoms with Crippen LogP contribution in [0.15, 0.2) is 23.1 Å². The molecule has 1 N–H and O–H groups in total. The van der Waals surface area contributed by atoms with E-state index in [1.807, 2.05) is 0 Å². The van der Waals surface area contributed by atoms with Crippen LogP contribution in [0.4, 0.5) is 11.4 Å². The zero-order valence-electron chi connectivity index (χ0n) is 15.8. The van der Waals surface area contributed by atoms with Crippen LogP contribution in [0.25, 0.3) is 0 Å². The summed E-state index contributed by atoms with van der Waals surface area (Å²) in [4.78, 5) is 24.2. The highest BCUT2D eigenvalue weighted by Gasteiger charge is 2.28. The lowest BCUT2D eigenvalue weighted by Crippen LogP contribution is -2.35. The Morgan fingerprint density at radius 1 is 1.11 bits per heavy atom. The SMILES string of the molecule is O=C1CCCN1CCCNc1ccc(S(=O)(=O)N2CCCCC2)cc1[N+](=O)[O-]. The molecule has 2 aliphatic heterocycles. The van der Waals surface area contributed by atoms with E-state index in [9.17, 15) is 23.3 Å². The van der Waals surface area contributed by atoms with Gasteiger partial charge in [-0.15, -0.1) is 0 Å². The number of carbonyl (C=O) groups is 1. The summed E-state index contributed by atoms with van der Waals surface area (Å²) in [6.07, 6.45) is 4.74. The van der Waals surface area contributed by atoms with Crippen LogP contribution >= 0.6 is 0 Å². The van der Waals surface area contributed by atoms with Gasteiger partial charge >= 0.3 is 0 Å². The summed E-state index contributed by atoms with van der Waals surface area (Å²) in [5.74, 6) is 0.151. The molecule has 9 nitrogen and oxygen atoms in total. The van der Waals surface area contributed by atoms with Crippen LogP contribution in [0.5, 0.6) is 0 Å². The Bertz CT molecular complexity index is 836. The van der Waals surface area contributed by atoms with Crippen molar-refractivity contribution in [3.63, 3.8) is 0 Å². The molecule has 2 heterocycles. The van der Waals surface area contributed by atoms with Crippen molar-refractivity contribution in [2.24, 2.45) is 0 Å². The molecule has 2 saturated heterocycles. The van der Waals surface area contributed by atoms with Gasteiger partial charge in [0.05, 0.1) is 9.82 Å². The second-order valence-electron chi connectivity index (χ2n) is 7.17. The average Bonchev–Trinajstić information content (AvgIpc) is 3.10. The standard InChI is InChI=1S/C18H26N4O5S/c23-18-6-4-10-20(18)11-5-9-19-16-8-7-15(14-17(16)22(24)25)28(26,27)21-12-2-1-3-13-21/h7-8,14,19H,1-6,9-13H2. The molecule has 0 unspecified atom stereocenters. The molecule has 0 saturated carbocycles. The summed E-state index contributed by atoms with van der Waals surface area (Å²) in [5.41, 5.74) is 0.0330. The Morgan fingerprint density at radius 3 is 2.50 bits per heavy atom. The Balaban J connectivity index is 1.67. The third-order valence-corrected chi connectivity index (χ3v) is 7.10. The summed E-state index contributed by atoms with van der Waals surface area (Å²) in [7, 11) is -3.72. The van der Waals surface area contributed by atoms with E-state index < -0.39 is 14.9 Å². The molecule has 2 fully saturated rings. The smallest absolute Gasteiger partial charge is 0.293 e. The summed E-state index contributed by atoms with van der Waals surface area (Å²) < 4.78 is 26.9. The van der Waals surface area contributed by atoms with Crippen LogP contribution in [-0.2, 0) is 14.8 Å². The number of carbonyl (C=O) groups excluding carboxylic acids is 1. The van der Waals surface area contributed by atoms with Gasteiger partial charge in [0.15, 0.2) is 0 Å². The molecule has 0 bridgehead atoms. The number of rotatable bonds is 8. The van der Waals surface area contributed by atoms with Crippen molar-refractivity contribution < 1.29 is 18.1 Å². The Labute approximate surface area is 164 Å². The lowest BCUT2D eigenvalue weighted by atomic mass is 10.2. The Kier molecular flexibility index (Phi) is 6.50. The molecule has 0 aromatic heterocycles. The minimum Gasteiger partial charge on any atom is -0.379 e. The van der Waals surface area contributed by atoms with E-state index in [-0.39, 0.29) is 22.2 Å². The van der Waals surface area contributed by atoms with Crippen LogP contribution < -0.4 is 5.32 Å². The van der Waals surface area contributed by atoms with Crippen LogP contribution in [0, 0.1) is 10.1 Å². The minimum atomic E-state index is -3.72. The summed E-state index contributed by atoms with van der Waals surface area (Å²) in [5, 5.41) is 14.5. The molecule has 2 aliphatic rings. The summed E-state index contributed by atoms with van der Waals surface area (Å²) >= 11 is 0. The highest BCUT2D eigenvalue weighted by Crippen LogP contribution is 2.30. The van der Waals surface area contributed by atoms with Gasteiger partial charge in [-0.2, -0.15) is 4.31 Å². The van der Waals surface area contributed by atoms with E-state index in [4.69, 9.17) is 0 Å². The number of hydrogen-bond acceptors (Lipinski definition) is 6. The molecule has 10 heteroatoms. The van der Waals surface area contributed by atoms with Gasteiger partial charge in [-0.3, -0.25) is 14.9 Å². The number of piperidine rings is 1. The molecule has 1 amide bonds. The second-order valence-corrected chi connectivity index (χ2v) is 9.10. The first-order valence-electron chi connectivity index (χ1n) is 9.70. The number of sulfonamides is 1. The number of hydrogen-bond donors (Lipinski definition) is 1. The van der Waals surface area contributed by atoms with Crippen molar-refractivity contribution in [2.75, 3.05) is 38.0 Å². The van der Waals surface area contributed by atoms with Gasteiger partial charge in [0.2, 0.25) is 15.9 Å². The van der Waals surface area contributed by atoms with Crippen LogP contribution in [-0.4, -0.2) is 61.2 Å². The minimum absolute atomic E-state index is 0.0469. The largest absolute Gasteiger partial charge is 0.379 e. The number of nitrogens with one attached hydrogen (secondary N) is 1. The van der Waals surface area contributed by atoms with Gasteiger partial charge in [0, 0.05) is 45.2 Å². The quantitative estimate of drug-likeness (QED) is 0.399. The van der Waals surface area contributed by atoms with E-state index in [0.29, 0.717) is 39.0 Å². The van der Waals surface area contributed by atoms with Gasteiger partial charge in [-0.25, -0.2) is 8.42 Å². The summed E-state index contributed by atoms with van der Waals surface area (Å²) in [6, 6.07) is 4.01. The van der Waals surface area contributed by atoms with Gasteiger partial charge in [0.25, 0.3) is 5.69 Å². The molecule has 1 aromatic rings. The van der Waals surface area contributed by atoms with E-state index in [2.05, 4.69) is 5.32 Å². The molecule has 1 aromatic carbocycles. The number of nitro groups is 1. The van der Waals surface area contributed by atoms with Gasteiger partial charge < -0.3 is 10.2 Å². The Morgan fingerprint density at radius 2 is 1.86 bits per heavy atom. The number of nitro benzene ring substituents is 1. The van der Waals surface area contributed by atoms with Crippen molar-refractivity contribution >= 4 is 27.3 Å². The fraction of sp³-hybridized carbons (Fsp3) is 0.611. The second kappa shape index (κ2) is 8.87. The fourth-order valence-electron chi connectivity index (χ4n) is 3.66. The number of benzene rings is 1. The maximum Gasteiger partial charge on any atom is 0.293 e. The molecule has 28 heavy (non-hydrogen) atoms. The summed E-state index contributed by atoms with van der Waals surface area (Å²) in [6.45, 7) is 2.74. The predicted molar refractivity (Wildman–Crippen MR) is 105 cm³/mol. The number of anilines is 1. The maximum absolute atomic E-state index is 12.8. The first-order chi connectivity index (χ1) is 13.4. The van der Waals surface area contributed by atoms with E-state index >= 15 is 0 Å². The van der Waals surface area contributed by atoms with Gasteiger partial charge in [-0.1, -0.05) is 6.42 Å². The topological polar surface area (TPSA) is 113 Å². The van der Waals surface area contributed by atoms with Crippen molar-refractivity contribution in [2.45, 2.75) is 43.4 Å². The van der Waals surface area contributed by atoms with Crippen molar-refractivity contribution in [3.8, 4) is 0 Å². The normalized spacial score (nSPS) is 18.4. The molecule has 0 aliphatic carbocycles. The van der Waals surface area contributed by atoms with E-state index in [0.717, 1.165) is 38.3 Å². The third-order valence-electron chi connectivity index (χ3n) is 5.21. The molecule has 3 rings (SSSR count). The van der Waals surface area contributed by atoms with E-state index in [1.165, 1.54) is 16.4 Å². The molecule has 0 atom stereocenters. The zero-order chi connectivity index (χ0) is 20.1. The van der Waals surface area contributed by atoms with E-state index in [1.54, 1.807) is 4.90 Å². The zero-order valence-corrected chi connectivity index (χ0v) is 16.6. The first-order valence-corrected chi connectivity index (χ1v) is 11.1. The molecule has 0 radical (unpaired) electrons. The van der Waals surface area contributed by atoms with Crippen LogP contribution in [0.1, 0.15) is 38.5 Å². The number of amides is 1. The number of likely N-dealkylation sites (tertiary alicyclic amines) is 1. The molecule has 154 valence electrons. The molecular weight excluding hydrogens is 384 g/mol. The highest BCUT2D eigenvalue weighted by molar-refractivity contribution is 7.89. The van der Waals surface area contributed by atoms with Crippen LogP contribution in [0.3, 0.4) is 0 Å². The van der Waals surface area contributed by atoms with Crippen molar-refractivity contribution in [1.29, 1.82) is 0 Å². The molecular formula is C18H26N4O5S. The van der Waals surface area contributed by atoms with Crippen molar-refractivity contribution in [1.82, 2.24) is 9.21 Å². The fourth-order valence-corrected chi connectivity index (χ4v) is 5.20. The Hall–Kier alpha value is -2.20. The maximum atomic E-state index is 12.8. The third kappa shape index (κ3) is 4.61. The monoisotopic (exact) mass is 410 g/mol. The average molecular weight is 410 g/mol. The lowest BCUT2D eigenvalue weighted by molar-refractivity contribution is -0.384. The lowest BCUT2D eigenvalue weighted by Gasteiger charge is -2.25. The predicted octanol–water partition coefficient (Wildman–Crippen LogP) is 2.19. The van der Waals surface area contributed by atoms with Crippen molar-refractivity contribution in [3.05, 3.63) is 28.3 Å². The van der Waals surface area contributed by atoms with Crippen LogP contribution in [0.2, 0.25) is 0 Å². The first kappa shape index (κ1) is 20.5. The van der Waals surface area contributed by atoms with Gasteiger partial charge in [0.1, 0.15) is 5.69 Å². The highest BCUT2D eigenvalue weighted by atomic mass is 32.2. The number of nitrogens with zero attached hydrogens (tertiary/aromatic N) is 3.